The maximum Gasteiger partial charge on any atom is 0.337 e. The number of carbonyl (C=O) groups excluding carboxylic acids is 1. The summed E-state index contributed by atoms with van der Waals surface area (Å²) in [4.78, 5) is 11.3. The SMILES string of the molecule is COC(=O)c1ccc(C)c(C=CCBr)c1. The van der Waals surface area contributed by atoms with Gasteiger partial charge in [0, 0.05) is 5.33 Å². The van der Waals surface area contributed by atoms with Crippen LogP contribution in [0.3, 0.4) is 0 Å². The molecule has 0 aromatic heterocycles. The van der Waals surface area contributed by atoms with Gasteiger partial charge in [0.1, 0.15) is 0 Å². The zero-order chi connectivity index (χ0) is 11.3. The van der Waals surface area contributed by atoms with Crippen LogP contribution >= 0.6 is 15.9 Å². The van der Waals surface area contributed by atoms with Crippen LogP contribution in [-0.2, 0) is 4.74 Å². The Hall–Kier alpha value is -1.09. The molecule has 15 heavy (non-hydrogen) atoms. The molecule has 0 heterocycles. The second-order valence-electron chi connectivity index (χ2n) is 3.12. The zero-order valence-corrected chi connectivity index (χ0v) is 10.4. The summed E-state index contributed by atoms with van der Waals surface area (Å²) in [6, 6.07) is 5.52. The molecule has 0 aliphatic carbocycles. The lowest BCUT2D eigenvalue weighted by Gasteiger charge is -2.03. The Balaban J connectivity index is 3.05. The standard InChI is InChI=1S/C12H13BrO2/c1-9-5-6-11(12(14)15-2)8-10(9)4-3-7-13/h3-6,8H,7H2,1-2H3. The first-order chi connectivity index (χ1) is 7.19. The number of rotatable bonds is 3. The minimum absolute atomic E-state index is 0.302. The summed E-state index contributed by atoms with van der Waals surface area (Å²) in [6.07, 6.45) is 3.97. The number of esters is 1. The van der Waals surface area contributed by atoms with Gasteiger partial charge in [-0.25, -0.2) is 4.79 Å². The molecule has 80 valence electrons. The van der Waals surface area contributed by atoms with E-state index in [0.29, 0.717) is 5.56 Å². The third-order valence-electron chi connectivity index (χ3n) is 2.09. The van der Waals surface area contributed by atoms with E-state index in [1.165, 1.54) is 7.11 Å². The van der Waals surface area contributed by atoms with Crippen molar-refractivity contribution in [1.82, 2.24) is 0 Å². The van der Waals surface area contributed by atoms with E-state index in [9.17, 15) is 4.79 Å². The van der Waals surface area contributed by atoms with Gasteiger partial charge in [-0.2, -0.15) is 0 Å². The van der Waals surface area contributed by atoms with Crippen molar-refractivity contribution in [1.29, 1.82) is 0 Å². The van der Waals surface area contributed by atoms with Crippen molar-refractivity contribution < 1.29 is 9.53 Å². The molecule has 0 amide bonds. The highest BCUT2D eigenvalue weighted by Crippen LogP contribution is 2.14. The van der Waals surface area contributed by atoms with E-state index < -0.39 is 0 Å². The molecule has 0 saturated heterocycles. The Morgan fingerprint density at radius 1 is 1.53 bits per heavy atom. The van der Waals surface area contributed by atoms with Gasteiger partial charge < -0.3 is 4.74 Å². The molecular weight excluding hydrogens is 256 g/mol. The minimum Gasteiger partial charge on any atom is -0.465 e. The third-order valence-corrected chi connectivity index (χ3v) is 2.46. The smallest absolute Gasteiger partial charge is 0.337 e. The number of methoxy groups -OCH3 is 1. The molecule has 0 aliphatic rings. The molecule has 0 saturated carbocycles. The van der Waals surface area contributed by atoms with Crippen LogP contribution < -0.4 is 0 Å². The number of aryl methyl sites for hydroxylation is 1. The summed E-state index contributed by atoms with van der Waals surface area (Å²) in [5.41, 5.74) is 2.76. The molecule has 0 fully saturated rings. The van der Waals surface area contributed by atoms with Crippen molar-refractivity contribution >= 4 is 28.0 Å². The molecule has 0 spiro atoms. The lowest BCUT2D eigenvalue weighted by Crippen LogP contribution is -2.01. The molecule has 0 N–H and O–H groups in total. The van der Waals surface area contributed by atoms with Crippen LogP contribution in [0.5, 0.6) is 0 Å². The van der Waals surface area contributed by atoms with Gasteiger partial charge in [-0.1, -0.05) is 34.1 Å². The van der Waals surface area contributed by atoms with Crippen LogP contribution in [0.25, 0.3) is 6.08 Å². The average molecular weight is 269 g/mol. The van der Waals surface area contributed by atoms with Gasteiger partial charge in [0.15, 0.2) is 0 Å². The highest BCUT2D eigenvalue weighted by molar-refractivity contribution is 9.09. The summed E-state index contributed by atoms with van der Waals surface area (Å²) in [6.45, 7) is 2.01. The molecule has 1 rings (SSSR count). The second-order valence-corrected chi connectivity index (χ2v) is 3.77. The first kappa shape index (κ1) is 12.0. The van der Waals surface area contributed by atoms with Crippen LogP contribution in [0.1, 0.15) is 21.5 Å². The molecule has 2 nitrogen and oxygen atoms in total. The average Bonchev–Trinajstić information content (AvgIpc) is 2.27. The quantitative estimate of drug-likeness (QED) is 0.622. The number of carbonyl (C=O) groups is 1. The number of ether oxygens (including phenoxy) is 1. The molecule has 1 aromatic carbocycles. The predicted octanol–water partition coefficient (Wildman–Crippen LogP) is 3.19. The summed E-state index contributed by atoms with van der Waals surface area (Å²) in [7, 11) is 1.39. The molecule has 0 radical (unpaired) electrons. The van der Waals surface area contributed by atoms with Gasteiger partial charge in [0.05, 0.1) is 12.7 Å². The number of alkyl halides is 1. The van der Waals surface area contributed by atoms with E-state index in [0.717, 1.165) is 16.5 Å². The minimum atomic E-state index is -0.302. The lowest BCUT2D eigenvalue weighted by atomic mass is 10.0. The molecule has 0 bridgehead atoms. The Morgan fingerprint density at radius 2 is 2.27 bits per heavy atom. The molecule has 0 atom stereocenters. The molecule has 1 aromatic rings. The fourth-order valence-corrected chi connectivity index (χ4v) is 1.42. The van der Waals surface area contributed by atoms with Crippen LogP contribution in [0.15, 0.2) is 24.3 Å². The van der Waals surface area contributed by atoms with Crippen molar-refractivity contribution in [2.45, 2.75) is 6.92 Å². The first-order valence-corrected chi connectivity index (χ1v) is 5.72. The largest absolute Gasteiger partial charge is 0.465 e. The summed E-state index contributed by atoms with van der Waals surface area (Å²) in [5.74, 6) is -0.302. The van der Waals surface area contributed by atoms with Gasteiger partial charge >= 0.3 is 5.97 Å². The summed E-state index contributed by atoms with van der Waals surface area (Å²) >= 11 is 3.31. The lowest BCUT2D eigenvalue weighted by molar-refractivity contribution is 0.0600. The van der Waals surface area contributed by atoms with Gasteiger partial charge in [-0.3, -0.25) is 0 Å². The van der Waals surface area contributed by atoms with E-state index in [-0.39, 0.29) is 5.97 Å². The van der Waals surface area contributed by atoms with E-state index in [4.69, 9.17) is 0 Å². The van der Waals surface area contributed by atoms with Crippen molar-refractivity contribution in [3.05, 3.63) is 41.0 Å². The molecular formula is C12H13BrO2. The maximum atomic E-state index is 11.3. The maximum absolute atomic E-state index is 11.3. The Bertz CT molecular complexity index is 383. The monoisotopic (exact) mass is 268 g/mol. The van der Waals surface area contributed by atoms with Crippen molar-refractivity contribution in [3.8, 4) is 0 Å². The van der Waals surface area contributed by atoms with Crippen molar-refractivity contribution in [3.63, 3.8) is 0 Å². The number of benzene rings is 1. The van der Waals surface area contributed by atoms with Crippen LogP contribution in [0.4, 0.5) is 0 Å². The van der Waals surface area contributed by atoms with E-state index >= 15 is 0 Å². The fourth-order valence-electron chi connectivity index (χ4n) is 1.24. The molecule has 0 unspecified atom stereocenters. The highest BCUT2D eigenvalue weighted by Gasteiger charge is 2.05. The van der Waals surface area contributed by atoms with Crippen molar-refractivity contribution in [2.24, 2.45) is 0 Å². The Labute approximate surface area is 98.1 Å². The molecule has 0 aliphatic heterocycles. The van der Waals surface area contributed by atoms with E-state index in [1.807, 2.05) is 31.2 Å². The van der Waals surface area contributed by atoms with Gasteiger partial charge in [-0.15, -0.1) is 0 Å². The van der Waals surface area contributed by atoms with E-state index in [2.05, 4.69) is 20.7 Å². The van der Waals surface area contributed by atoms with Crippen LogP contribution in [0, 0.1) is 6.92 Å². The Morgan fingerprint density at radius 3 is 2.87 bits per heavy atom. The summed E-state index contributed by atoms with van der Waals surface area (Å²) < 4.78 is 4.66. The normalized spacial score (nSPS) is 10.6. The van der Waals surface area contributed by atoms with Gasteiger partial charge in [-0.05, 0) is 30.2 Å². The first-order valence-electron chi connectivity index (χ1n) is 4.60. The summed E-state index contributed by atoms with van der Waals surface area (Å²) in [5, 5.41) is 0.800. The van der Waals surface area contributed by atoms with Gasteiger partial charge in [0.25, 0.3) is 0 Å². The number of allylic oxidation sites excluding steroid dienone is 1. The number of hydrogen-bond acceptors (Lipinski definition) is 2. The Kier molecular flexibility index (Phi) is 4.56. The predicted molar refractivity (Wildman–Crippen MR) is 65.3 cm³/mol. The molecule has 3 heteroatoms. The van der Waals surface area contributed by atoms with Crippen LogP contribution in [-0.4, -0.2) is 18.4 Å². The van der Waals surface area contributed by atoms with Crippen molar-refractivity contribution in [2.75, 3.05) is 12.4 Å². The third kappa shape index (κ3) is 3.20. The number of halogens is 1. The highest BCUT2D eigenvalue weighted by atomic mass is 79.9. The van der Waals surface area contributed by atoms with Crippen LogP contribution in [0.2, 0.25) is 0 Å². The van der Waals surface area contributed by atoms with Gasteiger partial charge in [0.2, 0.25) is 0 Å². The van der Waals surface area contributed by atoms with E-state index in [1.54, 1.807) is 6.07 Å². The topological polar surface area (TPSA) is 26.3 Å². The fraction of sp³-hybridized carbons (Fsp3) is 0.250. The second kappa shape index (κ2) is 5.71. The number of hydrogen-bond donors (Lipinski definition) is 0. The zero-order valence-electron chi connectivity index (χ0n) is 8.79.